The van der Waals surface area contributed by atoms with Crippen LogP contribution in [-0.4, -0.2) is 16.6 Å². The monoisotopic (exact) mass is 261 g/mol. The zero-order chi connectivity index (χ0) is 13.7. The first-order valence-corrected chi connectivity index (χ1v) is 5.95. The molecule has 0 aliphatic rings. The average molecular weight is 261 g/mol. The summed E-state index contributed by atoms with van der Waals surface area (Å²) in [5.74, 6) is 1.13. The summed E-state index contributed by atoms with van der Waals surface area (Å²) < 4.78 is 11.1. The van der Waals surface area contributed by atoms with Gasteiger partial charge in [-0.3, -0.25) is 4.79 Å². The molecule has 19 heavy (non-hydrogen) atoms. The number of aromatic amines is 1. The van der Waals surface area contributed by atoms with E-state index in [9.17, 15) is 4.79 Å². The van der Waals surface area contributed by atoms with Crippen molar-refractivity contribution in [2.45, 2.75) is 13.3 Å². The van der Waals surface area contributed by atoms with Crippen molar-refractivity contribution >= 4 is 5.69 Å². The van der Waals surface area contributed by atoms with Crippen molar-refractivity contribution in [3.05, 3.63) is 40.9 Å². The SMILES string of the molecule is CCCOc1ccccc1Oc1nc[nH]c(=O)c1N. The van der Waals surface area contributed by atoms with Crippen LogP contribution in [0.15, 0.2) is 35.4 Å². The average Bonchev–Trinajstić information content (AvgIpc) is 2.43. The van der Waals surface area contributed by atoms with Gasteiger partial charge in [-0.15, -0.1) is 0 Å². The lowest BCUT2D eigenvalue weighted by Gasteiger charge is -2.11. The van der Waals surface area contributed by atoms with Gasteiger partial charge in [0, 0.05) is 0 Å². The third-order valence-corrected chi connectivity index (χ3v) is 2.37. The van der Waals surface area contributed by atoms with Crippen molar-refractivity contribution in [1.29, 1.82) is 0 Å². The zero-order valence-corrected chi connectivity index (χ0v) is 10.6. The second kappa shape index (κ2) is 5.90. The molecule has 0 aliphatic heterocycles. The van der Waals surface area contributed by atoms with Crippen LogP contribution >= 0.6 is 0 Å². The summed E-state index contributed by atoms with van der Waals surface area (Å²) in [7, 11) is 0. The van der Waals surface area contributed by atoms with E-state index in [1.165, 1.54) is 6.33 Å². The number of anilines is 1. The third kappa shape index (κ3) is 3.04. The molecular weight excluding hydrogens is 246 g/mol. The quantitative estimate of drug-likeness (QED) is 0.858. The molecule has 0 saturated carbocycles. The molecule has 1 aromatic heterocycles. The fourth-order valence-electron chi connectivity index (χ4n) is 1.45. The fourth-order valence-corrected chi connectivity index (χ4v) is 1.45. The number of aromatic nitrogens is 2. The minimum absolute atomic E-state index is 0.0622. The van der Waals surface area contributed by atoms with E-state index in [4.69, 9.17) is 15.2 Å². The molecule has 0 aliphatic carbocycles. The van der Waals surface area contributed by atoms with Crippen LogP contribution < -0.4 is 20.8 Å². The zero-order valence-electron chi connectivity index (χ0n) is 10.6. The maximum absolute atomic E-state index is 11.4. The van der Waals surface area contributed by atoms with Crippen molar-refractivity contribution in [2.24, 2.45) is 0 Å². The summed E-state index contributed by atoms with van der Waals surface area (Å²) in [4.78, 5) is 17.6. The molecule has 0 amide bonds. The minimum atomic E-state index is -0.433. The molecular formula is C13H15N3O3. The van der Waals surface area contributed by atoms with E-state index in [1.807, 2.05) is 13.0 Å². The van der Waals surface area contributed by atoms with Crippen LogP contribution in [0.4, 0.5) is 5.69 Å². The maximum Gasteiger partial charge on any atom is 0.277 e. The topological polar surface area (TPSA) is 90.2 Å². The van der Waals surface area contributed by atoms with Crippen LogP contribution in [0.25, 0.3) is 0 Å². The standard InChI is InChI=1S/C13H15N3O3/c1-2-7-18-9-5-3-4-6-10(9)19-13-11(14)12(17)15-8-16-13/h3-6,8H,2,7,14H2,1H3,(H,15,16,17). The van der Waals surface area contributed by atoms with Gasteiger partial charge in [-0.2, -0.15) is 0 Å². The number of H-pyrrole nitrogens is 1. The molecule has 0 spiro atoms. The van der Waals surface area contributed by atoms with E-state index in [0.29, 0.717) is 18.1 Å². The second-order valence-electron chi connectivity index (χ2n) is 3.85. The summed E-state index contributed by atoms with van der Waals surface area (Å²) in [6.45, 7) is 2.60. The van der Waals surface area contributed by atoms with Crippen molar-refractivity contribution in [1.82, 2.24) is 9.97 Å². The number of hydrogen-bond acceptors (Lipinski definition) is 5. The molecule has 0 bridgehead atoms. The van der Waals surface area contributed by atoms with Gasteiger partial charge in [-0.25, -0.2) is 4.98 Å². The highest BCUT2D eigenvalue weighted by molar-refractivity contribution is 5.49. The first-order chi connectivity index (χ1) is 9.22. The Kier molecular flexibility index (Phi) is 4.02. The highest BCUT2D eigenvalue weighted by atomic mass is 16.5. The molecule has 2 aromatic rings. The van der Waals surface area contributed by atoms with Gasteiger partial charge >= 0.3 is 0 Å². The Bertz CT molecular complexity index is 610. The van der Waals surface area contributed by atoms with Gasteiger partial charge in [0.05, 0.1) is 12.9 Å². The second-order valence-corrected chi connectivity index (χ2v) is 3.85. The van der Waals surface area contributed by atoms with Gasteiger partial charge in [-0.1, -0.05) is 19.1 Å². The van der Waals surface area contributed by atoms with Crippen molar-refractivity contribution < 1.29 is 9.47 Å². The number of ether oxygens (including phenoxy) is 2. The molecule has 1 heterocycles. The summed E-state index contributed by atoms with van der Waals surface area (Å²) >= 11 is 0. The van der Waals surface area contributed by atoms with Crippen molar-refractivity contribution in [3.63, 3.8) is 0 Å². The van der Waals surface area contributed by atoms with Gasteiger partial charge < -0.3 is 20.2 Å². The van der Waals surface area contributed by atoms with Crippen molar-refractivity contribution in [2.75, 3.05) is 12.3 Å². The first-order valence-electron chi connectivity index (χ1n) is 5.95. The predicted molar refractivity (Wildman–Crippen MR) is 71.6 cm³/mol. The highest BCUT2D eigenvalue weighted by Gasteiger charge is 2.10. The summed E-state index contributed by atoms with van der Waals surface area (Å²) in [5, 5.41) is 0. The Morgan fingerprint density at radius 1 is 1.32 bits per heavy atom. The maximum atomic E-state index is 11.4. The van der Waals surface area contributed by atoms with Crippen LogP contribution in [0.3, 0.4) is 0 Å². The number of rotatable bonds is 5. The lowest BCUT2D eigenvalue weighted by atomic mass is 10.3. The Balaban J connectivity index is 2.28. The number of nitrogens with two attached hydrogens (primary N) is 1. The van der Waals surface area contributed by atoms with Gasteiger partial charge in [0.2, 0.25) is 5.88 Å². The first kappa shape index (κ1) is 12.9. The van der Waals surface area contributed by atoms with E-state index >= 15 is 0 Å². The molecule has 6 heteroatoms. The normalized spacial score (nSPS) is 10.2. The summed E-state index contributed by atoms with van der Waals surface area (Å²) in [6, 6.07) is 7.16. The molecule has 0 saturated heterocycles. The molecule has 2 rings (SSSR count). The molecule has 0 unspecified atom stereocenters. The molecule has 100 valence electrons. The number of benzene rings is 1. The molecule has 3 N–H and O–H groups in total. The Hall–Kier alpha value is -2.50. The predicted octanol–water partition coefficient (Wildman–Crippen LogP) is 1.93. The van der Waals surface area contributed by atoms with Gasteiger partial charge in [0.25, 0.3) is 5.56 Å². The number of nitrogen functional groups attached to an aromatic ring is 1. The largest absolute Gasteiger partial charge is 0.490 e. The van der Waals surface area contributed by atoms with Crippen LogP contribution in [-0.2, 0) is 0 Å². The van der Waals surface area contributed by atoms with Crippen molar-refractivity contribution in [3.8, 4) is 17.4 Å². The molecule has 1 aromatic carbocycles. The third-order valence-electron chi connectivity index (χ3n) is 2.37. The fraction of sp³-hybridized carbons (Fsp3) is 0.231. The van der Waals surface area contributed by atoms with Gasteiger partial charge in [-0.05, 0) is 18.6 Å². The minimum Gasteiger partial charge on any atom is -0.490 e. The molecule has 0 radical (unpaired) electrons. The van der Waals surface area contributed by atoms with Gasteiger partial charge in [0.15, 0.2) is 17.2 Å². The van der Waals surface area contributed by atoms with Crippen LogP contribution in [0.2, 0.25) is 0 Å². The number of nitrogens with one attached hydrogen (secondary N) is 1. The summed E-state index contributed by atoms with van der Waals surface area (Å²) in [6.07, 6.45) is 2.13. The number of hydrogen-bond donors (Lipinski definition) is 2. The van der Waals surface area contributed by atoms with E-state index in [1.54, 1.807) is 18.2 Å². The molecule has 6 nitrogen and oxygen atoms in total. The van der Waals surface area contributed by atoms with E-state index in [-0.39, 0.29) is 11.6 Å². The van der Waals surface area contributed by atoms with E-state index < -0.39 is 5.56 Å². The number of para-hydroxylation sites is 2. The highest BCUT2D eigenvalue weighted by Crippen LogP contribution is 2.31. The lowest BCUT2D eigenvalue weighted by molar-refractivity contribution is 0.301. The van der Waals surface area contributed by atoms with E-state index in [0.717, 1.165) is 6.42 Å². The molecule has 0 fully saturated rings. The van der Waals surface area contributed by atoms with E-state index in [2.05, 4.69) is 9.97 Å². The summed E-state index contributed by atoms with van der Waals surface area (Å²) in [5.41, 5.74) is 5.11. The van der Waals surface area contributed by atoms with Crippen LogP contribution in [0.5, 0.6) is 17.4 Å². The Labute approximate surface area is 110 Å². The van der Waals surface area contributed by atoms with Crippen LogP contribution in [0.1, 0.15) is 13.3 Å². The Morgan fingerprint density at radius 2 is 2.05 bits per heavy atom. The molecule has 0 atom stereocenters. The smallest absolute Gasteiger partial charge is 0.277 e. The van der Waals surface area contributed by atoms with Gasteiger partial charge in [0.1, 0.15) is 0 Å². The van der Waals surface area contributed by atoms with Crippen LogP contribution in [0, 0.1) is 0 Å². The lowest BCUT2D eigenvalue weighted by Crippen LogP contribution is -2.13. The Morgan fingerprint density at radius 3 is 2.79 bits per heavy atom. The number of nitrogens with zero attached hydrogens (tertiary/aromatic N) is 1.